The zero-order valence-corrected chi connectivity index (χ0v) is 13.3. The summed E-state index contributed by atoms with van der Waals surface area (Å²) in [6.07, 6.45) is 3.57. The molecule has 6 heteroatoms. The van der Waals surface area contributed by atoms with E-state index in [4.69, 9.17) is 10.00 Å². The second-order valence-corrected chi connectivity index (χ2v) is 5.34. The van der Waals surface area contributed by atoms with Gasteiger partial charge < -0.3 is 4.74 Å². The standard InChI is InChI=1S/C17H15N3O2S/c1-23-15-8-6-13(7-9-15)11-19-20-17(21)12-22-16-5-3-2-4-14(16)10-18/h2-9,11H,12H2,1H3,(H,20,21)/b19-11+. The van der Waals surface area contributed by atoms with Gasteiger partial charge in [-0.3, -0.25) is 4.79 Å². The van der Waals surface area contributed by atoms with E-state index in [1.807, 2.05) is 36.6 Å². The second-order valence-electron chi connectivity index (χ2n) is 4.46. The lowest BCUT2D eigenvalue weighted by molar-refractivity contribution is -0.123. The van der Waals surface area contributed by atoms with Crippen molar-refractivity contribution in [1.29, 1.82) is 5.26 Å². The van der Waals surface area contributed by atoms with Gasteiger partial charge >= 0.3 is 0 Å². The Morgan fingerprint density at radius 2 is 2.04 bits per heavy atom. The third kappa shape index (κ3) is 5.16. The Balaban J connectivity index is 1.83. The summed E-state index contributed by atoms with van der Waals surface area (Å²) >= 11 is 1.66. The molecule has 0 spiro atoms. The number of hydrogen-bond donors (Lipinski definition) is 1. The molecule has 0 aromatic heterocycles. The van der Waals surface area contributed by atoms with Crippen LogP contribution in [0.25, 0.3) is 0 Å². The van der Waals surface area contributed by atoms with Crippen LogP contribution in [0, 0.1) is 11.3 Å². The van der Waals surface area contributed by atoms with Crippen molar-refractivity contribution in [2.45, 2.75) is 4.90 Å². The van der Waals surface area contributed by atoms with E-state index in [0.29, 0.717) is 11.3 Å². The molecule has 0 saturated heterocycles. The highest BCUT2D eigenvalue weighted by molar-refractivity contribution is 7.98. The topological polar surface area (TPSA) is 74.5 Å². The molecule has 0 saturated carbocycles. The molecular formula is C17H15N3O2S. The van der Waals surface area contributed by atoms with E-state index < -0.39 is 5.91 Å². The van der Waals surface area contributed by atoms with Crippen LogP contribution in [-0.2, 0) is 4.79 Å². The van der Waals surface area contributed by atoms with Crippen LogP contribution < -0.4 is 10.2 Å². The van der Waals surface area contributed by atoms with Gasteiger partial charge in [0, 0.05) is 4.90 Å². The van der Waals surface area contributed by atoms with Crippen molar-refractivity contribution in [3.05, 3.63) is 59.7 Å². The number of nitriles is 1. The first-order valence-corrected chi connectivity index (χ1v) is 8.03. The Morgan fingerprint density at radius 3 is 2.74 bits per heavy atom. The maximum Gasteiger partial charge on any atom is 0.277 e. The molecule has 1 N–H and O–H groups in total. The van der Waals surface area contributed by atoms with Crippen molar-refractivity contribution in [2.75, 3.05) is 12.9 Å². The van der Waals surface area contributed by atoms with Crippen molar-refractivity contribution in [1.82, 2.24) is 5.43 Å². The summed E-state index contributed by atoms with van der Waals surface area (Å²) < 4.78 is 5.31. The molecule has 0 bridgehead atoms. The van der Waals surface area contributed by atoms with Crippen molar-refractivity contribution < 1.29 is 9.53 Å². The number of hydrazone groups is 1. The average molecular weight is 325 g/mol. The first kappa shape index (κ1) is 16.6. The van der Waals surface area contributed by atoms with Crippen molar-refractivity contribution in [2.24, 2.45) is 5.10 Å². The molecule has 1 amide bonds. The van der Waals surface area contributed by atoms with Crippen molar-refractivity contribution in [3.63, 3.8) is 0 Å². The molecule has 5 nitrogen and oxygen atoms in total. The van der Waals surface area contributed by atoms with Gasteiger partial charge in [-0.25, -0.2) is 5.43 Å². The molecule has 0 aliphatic carbocycles. The maximum atomic E-state index is 11.7. The molecule has 2 aromatic carbocycles. The fourth-order valence-corrected chi connectivity index (χ4v) is 2.14. The van der Waals surface area contributed by atoms with E-state index >= 15 is 0 Å². The zero-order valence-electron chi connectivity index (χ0n) is 12.5. The third-order valence-electron chi connectivity index (χ3n) is 2.88. The maximum absolute atomic E-state index is 11.7. The monoisotopic (exact) mass is 325 g/mol. The Hall–Kier alpha value is -2.78. The van der Waals surface area contributed by atoms with E-state index in [0.717, 1.165) is 10.5 Å². The molecule has 116 valence electrons. The lowest BCUT2D eigenvalue weighted by Crippen LogP contribution is -2.24. The SMILES string of the molecule is CSc1ccc(/C=N/NC(=O)COc2ccccc2C#N)cc1. The fraction of sp³-hybridized carbons (Fsp3) is 0.118. The lowest BCUT2D eigenvalue weighted by Gasteiger charge is -2.06. The predicted molar refractivity (Wildman–Crippen MR) is 90.6 cm³/mol. The Morgan fingerprint density at radius 1 is 1.30 bits per heavy atom. The van der Waals surface area contributed by atoms with Crippen LogP contribution in [0.15, 0.2) is 58.5 Å². The van der Waals surface area contributed by atoms with Gasteiger partial charge in [-0.2, -0.15) is 10.4 Å². The van der Waals surface area contributed by atoms with Crippen LogP contribution in [0.1, 0.15) is 11.1 Å². The number of amides is 1. The van der Waals surface area contributed by atoms with Crippen LogP contribution in [0.5, 0.6) is 5.75 Å². The number of nitrogens with zero attached hydrogens (tertiary/aromatic N) is 2. The molecule has 0 fully saturated rings. The number of para-hydroxylation sites is 1. The van der Waals surface area contributed by atoms with Crippen molar-refractivity contribution in [3.8, 4) is 11.8 Å². The number of thioether (sulfide) groups is 1. The second kappa shape index (κ2) is 8.61. The largest absolute Gasteiger partial charge is 0.482 e. The van der Waals surface area contributed by atoms with E-state index in [1.165, 1.54) is 0 Å². The Kier molecular flexibility index (Phi) is 6.21. The van der Waals surface area contributed by atoms with Gasteiger partial charge in [0.2, 0.25) is 0 Å². The van der Waals surface area contributed by atoms with E-state index in [1.54, 1.807) is 42.2 Å². The molecule has 0 aliphatic heterocycles. The minimum atomic E-state index is -0.394. The van der Waals surface area contributed by atoms with Crippen LogP contribution in [0.2, 0.25) is 0 Å². The third-order valence-corrected chi connectivity index (χ3v) is 3.63. The summed E-state index contributed by atoms with van der Waals surface area (Å²) in [6, 6.07) is 16.5. The highest BCUT2D eigenvalue weighted by Gasteiger charge is 2.05. The van der Waals surface area contributed by atoms with Gasteiger partial charge in [-0.15, -0.1) is 11.8 Å². The number of benzene rings is 2. The highest BCUT2D eigenvalue weighted by Crippen LogP contribution is 2.16. The molecule has 23 heavy (non-hydrogen) atoms. The van der Waals surface area contributed by atoms with Crippen LogP contribution in [0.3, 0.4) is 0 Å². The van der Waals surface area contributed by atoms with Crippen LogP contribution in [0.4, 0.5) is 0 Å². The summed E-state index contributed by atoms with van der Waals surface area (Å²) in [7, 11) is 0. The summed E-state index contributed by atoms with van der Waals surface area (Å²) in [5, 5.41) is 12.8. The molecule has 2 rings (SSSR count). The predicted octanol–water partition coefficient (Wildman–Crippen LogP) is 2.81. The summed E-state index contributed by atoms with van der Waals surface area (Å²) in [5.41, 5.74) is 3.66. The summed E-state index contributed by atoms with van der Waals surface area (Å²) in [5.74, 6) is -0.0171. The molecule has 0 radical (unpaired) electrons. The van der Waals surface area contributed by atoms with Gasteiger partial charge in [0.1, 0.15) is 11.8 Å². The minimum Gasteiger partial charge on any atom is -0.482 e. The zero-order chi connectivity index (χ0) is 16.5. The smallest absolute Gasteiger partial charge is 0.277 e. The van der Waals surface area contributed by atoms with Crippen LogP contribution in [-0.4, -0.2) is 25.0 Å². The van der Waals surface area contributed by atoms with E-state index in [-0.39, 0.29) is 6.61 Å². The number of hydrogen-bond acceptors (Lipinski definition) is 5. The summed E-state index contributed by atoms with van der Waals surface area (Å²) in [4.78, 5) is 12.8. The van der Waals surface area contributed by atoms with E-state index in [9.17, 15) is 4.79 Å². The molecule has 0 atom stereocenters. The molecular weight excluding hydrogens is 310 g/mol. The van der Waals surface area contributed by atoms with Gasteiger partial charge in [-0.1, -0.05) is 24.3 Å². The lowest BCUT2D eigenvalue weighted by atomic mass is 10.2. The van der Waals surface area contributed by atoms with Gasteiger partial charge in [0.15, 0.2) is 6.61 Å². The number of nitrogens with one attached hydrogen (secondary N) is 1. The molecule has 0 heterocycles. The normalized spacial score (nSPS) is 10.3. The van der Waals surface area contributed by atoms with Gasteiger partial charge in [0.05, 0.1) is 11.8 Å². The molecule has 0 unspecified atom stereocenters. The molecule has 0 aliphatic rings. The van der Waals surface area contributed by atoms with Gasteiger partial charge in [0.25, 0.3) is 5.91 Å². The quantitative estimate of drug-likeness (QED) is 0.503. The number of carbonyl (C=O) groups is 1. The average Bonchev–Trinajstić information content (AvgIpc) is 2.60. The van der Waals surface area contributed by atoms with E-state index in [2.05, 4.69) is 10.5 Å². The molecule has 2 aromatic rings. The number of rotatable bonds is 6. The Bertz CT molecular complexity index is 736. The minimum absolute atomic E-state index is 0.207. The highest BCUT2D eigenvalue weighted by atomic mass is 32.2. The summed E-state index contributed by atoms with van der Waals surface area (Å²) in [6.45, 7) is -0.207. The first-order valence-electron chi connectivity index (χ1n) is 6.81. The number of ether oxygens (including phenoxy) is 1. The first-order chi connectivity index (χ1) is 11.2. The Labute approximate surface area is 139 Å². The number of carbonyl (C=O) groups excluding carboxylic acids is 1. The van der Waals surface area contributed by atoms with Crippen molar-refractivity contribution >= 4 is 23.9 Å². The fourth-order valence-electron chi connectivity index (χ4n) is 1.73. The van der Waals surface area contributed by atoms with Crippen LogP contribution >= 0.6 is 11.8 Å². The van der Waals surface area contributed by atoms with Gasteiger partial charge in [-0.05, 0) is 36.1 Å².